The van der Waals surface area contributed by atoms with Gasteiger partial charge in [0.05, 0.1) is 24.0 Å². The van der Waals surface area contributed by atoms with Crippen molar-refractivity contribution < 1.29 is 4.39 Å². The molecule has 0 aliphatic heterocycles. The van der Waals surface area contributed by atoms with Crippen LogP contribution < -0.4 is 5.73 Å². The lowest BCUT2D eigenvalue weighted by atomic mass is 10.0. The summed E-state index contributed by atoms with van der Waals surface area (Å²) in [6.45, 7) is 0. The minimum Gasteiger partial charge on any atom is -0.320 e. The van der Waals surface area contributed by atoms with E-state index in [-0.39, 0.29) is 5.82 Å². The maximum atomic E-state index is 13.7. The van der Waals surface area contributed by atoms with E-state index in [1.165, 1.54) is 6.07 Å². The van der Waals surface area contributed by atoms with Gasteiger partial charge in [0, 0.05) is 23.5 Å². The van der Waals surface area contributed by atoms with E-state index in [0.29, 0.717) is 5.56 Å². The van der Waals surface area contributed by atoms with Gasteiger partial charge >= 0.3 is 0 Å². The molecule has 4 nitrogen and oxygen atoms in total. The Morgan fingerprint density at radius 1 is 1.17 bits per heavy atom. The lowest BCUT2D eigenvalue weighted by molar-refractivity contribution is 0.600. The van der Waals surface area contributed by atoms with E-state index >= 15 is 0 Å². The summed E-state index contributed by atoms with van der Waals surface area (Å²) in [5.41, 5.74) is 8.10. The highest BCUT2D eigenvalue weighted by Gasteiger charge is 2.17. The van der Waals surface area contributed by atoms with Crippen molar-refractivity contribution in [3.63, 3.8) is 0 Å². The highest BCUT2D eigenvalue weighted by Crippen LogP contribution is 2.24. The Morgan fingerprint density at radius 2 is 2.00 bits per heavy atom. The minimum absolute atomic E-state index is 0.312. The number of benzene rings is 1. The van der Waals surface area contributed by atoms with E-state index in [0.717, 1.165) is 11.1 Å². The predicted octanol–water partition coefficient (Wildman–Crippen LogP) is 1.92. The van der Waals surface area contributed by atoms with Gasteiger partial charge in [-0.3, -0.25) is 4.98 Å². The summed E-state index contributed by atoms with van der Waals surface area (Å²) >= 11 is 0. The smallest absolute Gasteiger partial charge is 0.128 e. The number of nitrogens with two attached hydrogens (primary N) is 1. The maximum Gasteiger partial charge on any atom is 0.128 e. The molecule has 1 unspecified atom stereocenters. The first kappa shape index (κ1) is 10.9. The second-order valence-corrected chi connectivity index (χ2v) is 4.01. The molecule has 0 spiro atoms. The van der Waals surface area contributed by atoms with Crippen LogP contribution in [0, 0.1) is 5.82 Å². The van der Waals surface area contributed by atoms with Crippen LogP contribution >= 0.6 is 0 Å². The van der Waals surface area contributed by atoms with E-state index in [4.69, 9.17) is 5.73 Å². The largest absolute Gasteiger partial charge is 0.320 e. The molecule has 0 bridgehead atoms. The van der Waals surface area contributed by atoms with Gasteiger partial charge in [-0.15, -0.1) is 0 Å². The third-order valence-electron chi connectivity index (χ3n) is 2.93. The molecule has 90 valence electrons. The molecule has 0 radical (unpaired) electrons. The van der Waals surface area contributed by atoms with E-state index in [1.807, 2.05) is 0 Å². The summed E-state index contributed by atoms with van der Waals surface area (Å²) in [5, 5.41) is 4.17. The van der Waals surface area contributed by atoms with Crippen LogP contribution in [0.15, 0.2) is 49.1 Å². The van der Waals surface area contributed by atoms with E-state index < -0.39 is 6.04 Å². The quantitative estimate of drug-likeness (QED) is 0.747. The van der Waals surface area contributed by atoms with Gasteiger partial charge in [0.15, 0.2) is 0 Å². The highest BCUT2D eigenvalue weighted by atomic mass is 19.1. The Kier molecular flexibility index (Phi) is 2.53. The SMILES string of the molecule is NC(c1ccccc1F)c1cnn2ccncc12. The standard InChI is InChI=1S/C13H11FN4/c14-11-4-2-1-3-9(11)13(15)10-7-17-18-6-5-16-8-12(10)18/h1-8,13H,15H2. The van der Waals surface area contributed by atoms with Crippen molar-refractivity contribution in [1.82, 2.24) is 14.6 Å². The summed E-state index contributed by atoms with van der Waals surface area (Å²) in [6, 6.07) is 5.94. The summed E-state index contributed by atoms with van der Waals surface area (Å²) in [7, 11) is 0. The second-order valence-electron chi connectivity index (χ2n) is 4.01. The molecule has 2 aromatic heterocycles. The van der Waals surface area contributed by atoms with Crippen LogP contribution in [-0.2, 0) is 0 Å². The van der Waals surface area contributed by atoms with Crippen LogP contribution in [0.1, 0.15) is 17.2 Å². The van der Waals surface area contributed by atoms with Crippen LogP contribution in [0.25, 0.3) is 5.52 Å². The Morgan fingerprint density at radius 3 is 2.83 bits per heavy atom. The molecular weight excluding hydrogens is 231 g/mol. The monoisotopic (exact) mass is 242 g/mol. The normalized spacial score (nSPS) is 12.8. The Balaban J connectivity index is 2.13. The predicted molar refractivity (Wildman–Crippen MR) is 65.4 cm³/mol. The van der Waals surface area contributed by atoms with Crippen molar-refractivity contribution in [2.24, 2.45) is 5.73 Å². The van der Waals surface area contributed by atoms with E-state index in [9.17, 15) is 4.39 Å². The fourth-order valence-electron chi connectivity index (χ4n) is 1.99. The van der Waals surface area contributed by atoms with Gasteiger partial charge in [-0.2, -0.15) is 5.10 Å². The summed E-state index contributed by atoms with van der Waals surface area (Å²) in [5.74, 6) is -0.312. The van der Waals surface area contributed by atoms with Crippen LogP contribution in [0.4, 0.5) is 4.39 Å². The van der Waals surface area contributed by atoms with Gasteiger partial charge in [-0.1, -0.05) is 18.2 Å². The first-order valence-electron chi connectivity index (χ1n) is 5.54. The average Bonchev–Trinajstić information content (AvgIpc) is 2.82. The van der Waals surface area contributed by atoms with Gasteiger partial charge in [0.25, 0.3) is 0 Å². The van der Waals surface area contributed by atoms with Crippen molar-refractivity contribution in [3.05, 3.63) is 66.0 Å². The van der Waals surface area contributed by atoms with Gasteiger partial charge < -0.3 is 5.73 Å². The lowest BCUT2D eigenvalue weighted by Gasteiger charge is -2.11. The lowest BCUT2D eigenvalue weighted by Crippen LogP contribution is -2.13. The van der Waals surface area contributed by atoms with Crippen LogP contribution in [0.2, 0.25) is 0 Å². The molecule has 0 saturated carbocycles. The number of fused-ring (bicyclic) bond motifs is 1. The molecule has 3 rings (SSSR count). The van der Waals surface area contributed by atoms with Gasteiger partial charge in [0.2, 0.25) is 0 Å². The summed E-state index contributed by atoms with van der Waals surface area (Å²) in [4.78, 5) is 4.03. The molecule has 1 aromatic carbocycles. The van der Waals surface area contributed by atoms with Crippen molar-refractivity contribution in [2.75, 3.05) is 0 Å². The second kappa shape index (κ2) is 4.19. The maximum absolute atomic E-state index is 13.7. The number of hydrogen-bond acceptors (Lipinski definition) is 3. The molecule has 1 atom stereocenters. The zero-order chi connectivity index (χ0) is 12.5. The molecule has 0 amide bonds. The highest BCUT2D eigenvalue weighted by molar-refractivity contribution is 5.55. The number of halogens is 1. The first-order chi connectivity index (χ1) is 8.77. The van der Waals surface area contributed by atoms with Crippen LogP contribution in [-0.4, -0.2) is 14.6 Å². The third kappa shape index (κ3) is 1.65. The molecule has 3 aromatic rings. The minimum atomic E-state index is -0.548. The van der Waals surface area contributed by atoms with Crippen molar-refractivity contribution >= 4 is 5.52 Å². The number of nitrogens with zero attached hydrogens (tertiary/aromatic N) is 3. The number of aromatic nitrogens is 3. The van der Waals surface area contributed by atoms with Crippen molar-refractivity contribution in [1.29, 1.82) is 0 Å². The van der Waals surface area contributed by atoms with Gasteiger partial charge in [-0.25, -0.2) is 8.91 Å². The summed E-state index contributed by atoms with van der Waals surface area (Å²) < 4.78 is 15.4. The average molecular weight is 242 g/mol. The molecule has 0 saturated heterocycles. The Bertz CT molecular complexity index is 692. The molecule has 0 aliphatic carbocycles. The molecule has 2 heterocycles. The topological polar surface area (TPSA) is 56.2 Å². The number of rotatable bonds is 2. The van der Waals surface area contributed by atoms with E-state index in [1.54, 1.807) is 47.5 Å². The molecule has 2 N–H and O–H groups in total. The van der Waals surface area contributed by atoms with Crippen LogP contribution in [0.3, 0.4) is 0 Å². The molecule has 18 heavy (non-hydrogen) atoms. The van der Waals surface area contributed by atoms with Crippen molar-refractivity contribution in [3.8, 4) is 0 Å². The molecule has 5 heteroatoms. The van der Waals surface area contributed by atoms with Gasteiger partial charge in [0.1, 0.15) is 5.82 Å². The molecule has 0 aliphatic rings. The summed E-state index contributed by atoms with van der Waals surface area (Å²) in [6.07, 6.45) is 6.68. The Hall–Kier alpha value is -2.27. The fourth-order valence-corrected chi connectivity index (χ4v) is 1.99. The molecular formula is C13H11FN4. The zero-order valence-corrected chi connectivity index (χ0v) is 9.49. The van der Waals surface area contributed by atoms with Gasteiger partial charge in [-0.05, 0) is 6.07 Å². The first-order valence-corrected chi connectivity index (χ1v) is 5.54. The third-order valence-corrected chi connectivity index (χ3v) is 2.93. The zero-order valence-electron chi connectivity index (χ0n) is 9.49. The van der Waals surface area contributed by atoms with Crippen molar-refractivity contribution in [2.45, 2.75) is 6.04 Å². The Labute approximate surface area is 103 Å². The number of hydrogen-bond donors (Lipinski definition) is 1. The van der Waals surface area contributed by atoms with E-state index in [2.05, 4.69) is 10.1 Å². The molecule has 0 fully saturated rings. The fraction of sp³-hybridized carbons (Fsp3) is 0.0769. The van der Waals surface area contributed by atoms with Crippen LogP contribution in [0.5, 0.6) is 0 Å².